The highest BCUT2D eigenvalue weighted by molar-refractivity contribution is 5.74. The van der Waals surface area contributed by atoms with Crippen LogP contribution in [-0.4, -0.2) is 12.6 Å². The van der Waals surface area contributed by atoms with Crippen LogP contribution in [0.3, 0.4) is 0 Å². The summed E-state index contributed by atoms with van der Waals surface area (Å²) in [6.45, 7) is 7.08. The zero-order valence-electron chi connectivity index (χ0n) is 10.8. The van der Waals surface area contributed by atoms with Gasteiger partial charge in [0.15, 0.2) is 0 Å². The van der Waals surface area contributed by atoms with E-state index in [0.717, 1.165) is 25.7 Å². The predicted octanol–water partition coefficient (Wildman–Crippen LogP) is 3.71. The quantitative estimate of drug-likeness (QED) is 0.486. The molecule has 0 bridgehead atoms. The molecule has 1 aliphatic rings. The van der Waals surface area contributed by atoms with Crippen molar-refractivity contribution in [3.05, 3.63) is 11.6 Å². The SMILES string of the molecule is CC(C)=CCCC(C)CCOC(=O)C1CC1. The monoisotopic (exact) mass is 224 g/mol. The maximum atomic E-state index is 11.3. The van der Waals surface area contributed by atoms with Crippen molar-refractivity contribution in [3.63, 3.8) is 0 Å². The second-order valence-corrected chi connectivity index (χ2v) is 5.19. The predicted molar refractivity (Wildman–Crippen MR) is 66.1 cm³/mol. The molecule has 1 atom stereocenters. The van der Waals surface area contributed by atoms with Crippen molar-refractivity contribution in [1.29, 1.82) is 0 Å². The molecule has 0 spiro atoms. The van der Waals surface area contributed by atoms with Crippen LogP contribution >= 0.6 is 0 Å². The third kappa shape index (κ3) is 5.94. The molecule has 0 heterocycles. The van der Waals surface area contributed by atoms with E-state index >= 15 is 0 Å². The minimum atomic E-state index is 0.0245. The lowest BCUT2D eigenvalue weighted by Crippen LogP contribution is -2.10. The fourth-order valence-electron chi connectivity index (χ4n) is 1.60. The molecule has 0 N–H and O–H groups in total. The highest BCUT2D eigenvalue weighted by Crippen LogP contribution is 2.30. The summed E-state index contributed by atoms with van der Waals surface area (Å²) in [6.07, 6.45) is 7.66. The molecule has 1 fully saturated rings. The van der Waals surface area contributed by atoms with E-state index in [1.165, 1.54) is 12.0 Å². The molecule has 1 unspecified atom stereocenters. The van der Waals surface area contributed by atoms with E-state index in [2.05, 4.69) is 26.8 Å². The Kier molecular flexibility index (Phi) is 5.58. The van der Waals surface area contributed by atoms with Gasteiger partial charge in [0.2, 0.25) is 0 Å². The average molecular weight is 224 g/mol. The molecular weight excluding hydrogens is 200 g/mol. The largest absolute Gasteiger partial charge is 0.465 e. The lowest BCUT2D eigenvalue weighted by Gasteiger charge is -2.10. The van der Waals surface area contributed by atoms with E-state index < -0.39 is 0 Å². The number of allylic oxidation sites excluding steroid dienone is 2. The van der Waals surface area contributed by atoms with Crippen LogP contribution in [0.2, 0.25) is 0 Å². The van der Waals surface area contributed by atoms with Crippen LogP contribution in [0.15, 0.2) is 11.6 Å². The third-order valence-electron chi connectivity index (χ3n) is 2.98. The van der Waals surface area contributed by atoms with Crippen molar-refractivity contribution < 1.29 is 9.53 Å². The van der Waals surface area contributed by atoms with Crippen molar-refractivity contribution in [1.82, 2.24) is 0 Å². The van der Waals surface area contributed by atoms with Gasteiger partial charge in [0.25, 0.3) is 0 Å². The number of carbonyl (C=O) groups is 1. The second kappa shape index (κ2) is 6.72. The Morgan fingerprint density at radius 1 is 1.38 bits per heavy atom. The number of ether oxygens (including phenoxy) is 1. The summed E-state index contributed by atoms with van der Waals surface area (Å²) in [4.78, 5) is 11.3. The molecule has 2 heteroatoms. The van der Waals surface area contributed by atoms with Gasteiger partial charge in [0, 0.05) is 0 Å². The first-order chi connectivity index (χ1) is 7.59. The summed E-state index contributed by atoms with van der Waals surface area (Å²) >= 11 is 0. The maximum absolute atomic E-state index is 11.3. The van der Waals surface area contributed by atoms with Gasteiger partial charge in [-0.25, -0.2) is 0 Å². The van der Waals surface area contributed by atoms with Gasteiger partial charge < -0.3 is 4.74 Å². The molecule has 92 valence electrons. The summed E-state index contributed by atoms with van der Waals surface area (Å²) in [5.74, 6) is 0.903. The second-order valence-electron chi connectivity index (χ2n) is 5.19. The summed E-state index contributed by atoms with van der Waals surface area (Å²) in [5, 5.41) is 0. The van der Waals surface area contributed by atoms with Gasteiger partial charge in [-0.1, -0.05) is 18.6 Å². The molecule has 1 saturated carbocycles. The molecule has 0 aromatic heterocycles. The van der Waals surface area contributed by atoms with E-state index in [0.29, 0.717) is 12.5 Å². The molecule has 2 nitrogen and oxygen atoms in total. The topological polar surface area (TPSA) is 26.3 Å². The van der Waals surface area contributed by atoms with Gasteiger partial charge in [0.1, 0.15) is 0 Å². The summed E-state index contributed by atoms with van der Waals surface area (Å²) in [7, 11) is 0. The Balaban J connectivity index is 1.98. The van der Waals surface area contributed by atoms with Crippen LogP contribution in [0.5, 0.6) is 0 Å². The van der Waals surface area contributed by atoms with Crippen LogP contribution < -0.4 is 0 Å². The number of rotatable bonds is 7. The molecule has 0 aromatic rings. The van der Waals surface area contributed by atoms with E-state index in [9.17, 15) is 4.79 Å². The first kappa shape index (κ1) is 13.3. The molecule has 0 saturated heterocycles. The lowest BCUT2D eigenvalue weighted by atomic mass is 10.0. The first-order valence-electron chi connectivity index (χ1n) is 6.39. The first-order valence-corrected chi connectivity index (χ1v) is 6.39. The molecule has 16 heavy (non-hydrogen) atoms. The van der Waals surface area contributed by atoms with E-state index in [1.54, 1.807) is 0 Å². The van der Waals surface area contributed by atoms with Crippen molar-refractivity contribution in [3.8, 4) is 0 Å². The Morgan fingerprint density at radius 2 is 2.06 bits per heavy atom. The summed E-state index contributed by atoms with van der Waals surface area (Å²) in [6, 6.07) is 0. The van der Waals surface area contributed by atoms with Crippen molar-refractivity contribution >= 4 is 5.97 Å². The van der Waals surface area contributed by atoms with Crippen molar-refractivity contribution in [2.24, 2.45) is 11.8 Å². The number of carbonyl (C=O) groups excluding carboxylic acids is 1. The van der Waals surface area contributed by atoms with Crippen LogP contribution in [0.1, 0.15) is 52.9 Å². The minimum absolute atomic E-state index is 0.0245. The minimum Gasteiger partial charge on any atom is -0.465 e. The molecular formula is C14H24O2. The average Bonchev–Trinajstić information content (AvgIpc) is 2.99. The van der Waals surface area contributed by atoms with E-state index in [4.69, 9.17) is 4.74 Å². The van der Waals surface area contributed by atoms with Crippen LogP contribution in [0, 0.1) is 11.8 Å². The fourth-order valence-corrected chi connectivity index (χ4v) is 1.60. The Labute approximate surface area is 99.1 Å². The maximum Gasteiger partial charge on any atom is 0.308 e. The normalized spacial score (nSPS) is 16.7. The zero-order valence-corrected chi connectivity index (χ0v) is 10.8. The van der Waals surface area contributed by atoms with Gasteiger partial charge >= 0.3 is 5.97 Å². The van der Waals surface area contributed by atoms with Gasteiger partial charge in [-0.3, -0.25) is 4.79 Å². The van der Waals surface area contributed by atoms with Gasteiger partial charge in [-0.05, 0) is 51.9 Å². The Hall–Kier alpha value is -0.790. The van der Waals surface area contributed by atoms with Crippen LogP contribution in [0.4, 0.5) is 0 Å². The van der Waals surface area contributed by atoms with Gasteiger partial charge in [-0.2, -0.15) is 0 Å². The van der Waals surface area contributed by atoms with Gasteiger partial charge in [0.05, 0.1) is 12.5 Å². The fraction of sp³-hybridized carbons (Fsp3) is 0.786. The zero-order chi connectivity index (χ0) is 12.0. The van der Waals surface area contributed by atoms with Gasteiger partial charge in [-0.15, -0.1) is 0 Å². The smallest absolute Gasteiger partial charge is 0.308 e. The highest BCUT2D eigenvalue weighted by atomic mass is 16.5. The van der Waals surface area contributed by atoms with E-state index in [1.807, 2.05) is 0 Å². The summed E-state index contributed by atoms with van der Waals surface area (Å²) < 4.78 is 5.21. The number of esters is 1. The van der Waals surface area contributed by atoms with Crippen LogP contribution in [-0.2, 0) is 9.53 Å². The molecule has 0 aliphatic heterocycles. The molecule has 1 rings (SSSR count). The molecule has 0 amide bonds. The number of hydrogen-bond donors (Lipinski definition) is 0. The van der Waals surface area contributed by atoms with Crippen LogP contribution in [0.25, 0.3) is 0 Å². The third-order valence-corrected chi connectivity index (χ3v) is 2.98. The Bertz CT molecular complexity index is 247. The molecule has 1 aliphatic carbocycles. The highest BCUT2D eigenvalue weighted by Gasteiger charge is 2.31. The molecule has 0 aromatic carbocycles. The lowest BCUT2D eigenvalue weighted by molar-refractivity contribution is -0.145. The Morgan fingerprint density at radius 3 is 2.62 bits per heavy atom. The molecule has 0 radical (unpaired) electrons. The van der Waals surface area contributed by atoms with Crippen molar-refractivity contribution in [2.45, 2.75) is 52.9 Å². The van der Waals surface area contributed by atoms with E-state index in [-0.39, 0.29) is 11.9 Å². The van der Waals surface area contributed by atoms with Crippen molar-refractivity contribution in [2.75, 3.05) is 6.61 Å². The summed E-state index contributed by atoms with van der Waals surface area (Å²) in [5.41, 5.74) is 1.38. The standard InChI is InChI=1S/C14H24O2/c1-11(2)5-4-6-12(3)9-10-16-14(15)13-7-8-13/h5,12-13H,4,6-10H2,1-3H3. The number of hydrogen-bond acceptors (Lipinski definition) is 2.